The van der Waals surface area contributed by atoms with Crippen molar-refractivity contribution in [2.24, 2.45) is 16.6 Å². The van der Waals surface area contributed by atoms with Gasteiger partial charge in [0.1, 0.15) is 0 Å². The topological polar surface area (TPSA) is 61.9 Å². The third-order valence-corrected chi connectivity index (χ3v) is 7.42. The van der Waals surface area contributed by atoms with Crippen molar-refractivity contribution >= 4 is 11.9 Å². The highest BCUT2D eigenvalue weighted by Crippen LogP contribution is 2.35. The monoisotopic (exact) mass is 466 g/mol. The second-order valence-electron chi connectivity index (χ2n) is 10.1. The number of hydrogen-bond acceptors (Lipinski definition) is 4. The van der Waals surface area contributed by atoms with E-state index in [0.717, 1.165) is 49.2 Å². The summed E-state index contributed by atoms with van der Waals surface area (Å²) >= 11 is 0. The highest BCUT2D eigenvalue weighted by molar-refractivity contribution is 6.07. The van der Waals surface area contributed by atoms with Crippen LogP contribution in [0.1, 0.15) is 30.0 Å². The third kappa shape index (κ3) is 4.87. The van der Waals surface area contributed by atoms with Gasteiger partial charge in [0.2, 0.25) is 0 Å². The maximum Gasteiger partial charge on any atom is 0.261 e. The fraction of sp³-hybridized carbons (Fsp3) is 0.333. The van der Waals surface area contributed by atoms with Crippen molar-refractivity contribution in [3.63, 3.8) is 0 Å². The first-order chi connectivity index (χ1) is 16.9. The number of aryl methyl sites for hydroxylation is 1. The molecule has 1 amide bonds. The fourth-order valence-electron chi connectivity index (χ4n) is 5.35. The van der Waals surface area contributed by atoms with Gasteiger partial charge in [-0.25, -0.2) is 4.99 Å². The molecule has 2 N–H and O–H groups in total. The largest absolute Gasteiger partial charge is 0.369 e. The van der Waals surface area contributed by atoms with Crippen molar-refractivity contribution in [1.29, 1.82) is 0 Å². The van der Waals surface area contributed by atoms with Crippen LogP contribution in [0.5, 0.6) is 0 Å². The Labute approximate surface area is 208 Å². The highest BCUT2D eigenvalue weighted by Gasteiger charge is 2.46. The van der Waals surface area contributed by atoms with E-state index in [-0.39, 0.29) is 5.91 Å². The molecule has 0 spiro atoms. The van der Waals surface area contributed by atoms with Gasteiger partial charge < -0.3 is 10.6 Å². The van der Waals surface area contributed by atoms with Crippen molar-refractivity contribution in [3.05, 3.63) is 95.6 Å². The summed E-state index contributed by atoms with van der Waals surface area (Å²) in [6.07, 6.45) is 2.13. The van der Waals surface area contributed by atoms with E-state index in [1.165, 1.54) is 11.1 Å². The lowest BCUT2D eigenvalue weighted by Gasteiger charge is -2.25. The van der Waals surface area contributed by atoms with E-state index in [1.54, 1.807) is 4.90 Å². The highest BCUT2D eigenvalue weighted by atomic mass is 16.2. The zero-order chi connectivity index (χ0) is 24.4. The maximum atomic E-state index is 13.6. The summed E-state index contributed by atoms with van der Waals surface area (Å²) in [5, 5.41) is 0. The molecule has 5 heteroatoms. The standard InChI is InChI=1S/C30H34N4O/c1-22-8-6-11-25(18-22)26-12-7-13-27(19-26)30(2)28(35)34(29(31)32-30)21-24-15-17-33(20-24)16-14-23-9-4-3-5-10-23/h3-13,18-19,24H,14-17,20-21H2,1-2H3,(H2,31,32)/t24-,30?/m0/s1. The number of carbonyl (C=O) groups excluding carboxylic acids is 1. The smallest absolute Gasteiger partial charge is 0.261 e. The SMILES string of the molecule is Cc1cccc(-c2cccc(C3(C)N=C(N)N(C[C@H]4CCN(CCc5ccccc5)C4)C3=O)c2)c1. The van der Waals surface area contributed by atoms with Crippen LogP contribution in [0.15, 0.2) is 83.9 Å². The van der Waals surface area contributed by atoms with Gasteiger partial charge in [-0.05, 0) is 67.5 Å². The minimum Gasteiger partial charge on any atom is -0.369 e. The Morgan fingerprint density at radius 1 is 1.00 bits per heavy atom. The van der Waals surface area contributed by atoms with Crippen LogP contribution in [-0.2, 0) is 16.8 Å². The predicted octanol–water partition coefficient (Wildman–Crippen LogP) is 4.60. The van der Waals surface area contributed by atoms with Crippen molar-refractivity contribution in [3.8, 4) is 11.1 Å². The molecule has 2 atom stereocenters. The first kappa shape index (κ1) is 23.3. The molecular formula is C30H34N4O. The van der Waals surface area contributed by atoms with Gasteiger partial charge in [-0.15, -0.1) is 0 Å². The first-order valence-electron chi connectivity index (χ1n) is 12.5. The van der Waals surface area contributed by atoms with E-state index >= 15 is 0 Å². The average Bonchev–Trinajstić information content (AvgIpc) is 3.41. The van der Waals surface area contributed by atoms with Gasteiger partial charge in [0, 0.05) is 19.6 Å². The summed E-state index contributed by atoms with van der Waals surface area (Å²) < 4.78 is 0. The Morgan fingerprint density at radius 3 is 2.51 bits per heavy atom. The van der Waals surface area contributed by atoms with Gasteiger partial charge in [0.15, 0.2) is 11.5 Å². The molecule has 180 valence electrons. The first-order valence-corrected chi connectivity index (χ1v) is 12.5. The molecule has 2 aliphatic rings. The lowest BCUT2D eigenvalue weighted by molar-refractivity contribution is -0.131. The third-order valence-electron chi connectivity index (χ3n) is 7.42. The van der Waals surface area contributed by atoms with Crippen molar-refractivity contribution in [2.75, 3.05) is 26.2 Å². The fourth-order valence-corrected chi connectivity index (χ4v) is 5.35. The summed E-state index contributed by atoms with van der Waals surface area (Å²) in [5.41, 5.74) is 11.0. The molecule has 35 heavy (non-hydrogen) atoms. The van der Waals surface area contributed by atoms with Crippen LogP contribution in [0.2, 0.25) is 0 Å². The van der Waals surface area contributed by atoms with Gasteiger partial charge >= 0.3 is 0 Å². The zero-order valence-electron chi connectivity index (χ0n) is 20.7. The van der Waals surface area contributed by atoms with E-state index in [2.05, 4.69) is 78.6 Å². The number of aliphatic imine (C=N–C) groups is 1. The van der Waals surface area contributed by atoms with Gasteiger partial charge in [0.25, 0.3) is 5.91 Å². The van der Waals surface area contributed by atoms with E-state index in [0.29, 0.717) is 18.4 Å². The normalized spacial score (nSPS) is 22.6. The quantitative estimate of drug-likeness (QED) is 0.554. The Balaban J connectivity index is 1.25. The average molecular weight is 467 g/mol. The van der Waals surface area contributed by atoms with Crippen LogP contribution in [0.4, 0.5) is 0 Å². The number of nitrogens with two attached hydrogens (primary N) is 1. The minimum absolute atomic E-state index is 0.0286. The lowest BCUT2D eigenvalue weighted by atomic mass is 9.89. The van der Waals surface area contributed by atoms with E-state index in [4.69, 9.17) is 10.7 Å². The van der Waals surface area contributed by atoms with E-state index in [1.807, 2.05) is 19.1 Å². The molecule has 0 saturated carbocycles. The Hall–Kier alpha value is -3.44. The Bertz CT molecular complexity index is 1240. The molecule has 3 aromatic rings. The second kappa shape index (κ2) is 9.67. The molecule has 2 heterocycles. The number of likely N-dealkylation sites (tertiary alicyclic amines) is 1. The van der Waals surface area contributed by atoms with Gasteiger partial charge in [-0.3, -0.25) is 9.69 Å². The number of benzene rings is 3. The molecule has 0 aromatic heterocycles. The molecule has 5 rings (SSSR count). The summed E-state index contributed by atoms with van der Waals surface area (Å²) in [6, 6.07) is 27.2. The predicted molar refractivity (Wildman–Crippen MR) is 142 cm³/mol. The van der Waals surface area contributed by atoms with Gasteiger partial charge in [-0.1, -0.05) is 78.4 Å². The van der Waals surface area contributed by atoms with Crippen LogP contribution in [0, 0.1) is 12.8 Å². The molecule has 0 aliphatic carbocycles. The number of hydrogen-bond donors (Lipinski definition) is 1. The maximum absolute atomic E-state index is 13.6. The van der Waals surface area contributed by atoms with Crippen molar-refractivity contribution in [1.82, 2.24) is 9.80 Å². The van der Waals surface area contributed by atoms with E-state index in [9.17, 15) is 4.79 Å². The van der Waals surface area contributed by atoms with Crippen molar-refractivity contribution in [2.45, 2.75) is 32.2 Å². The summed E-state index contributed by atoms with van der Waals surface area (Å²) in [6.45, 7) is 7.70. The number of guanidine groups is 1. The molecule has 0 bridgehead atoms. The summed E-state index contributed by atoms with van der Waals surface area (Å²) in [7, 11) is 0. The van der Waals surface area contributed by atoms with Gasteiger partial charge in [0.05, 0.1) is 0 Å². The number of carbonyl (C=O) groups is 1. The van der Waals surface area contributed by atoms with Crippen molar-refractivity contribution < 1.29 is 4.79 Å². The molecule has 1 fully saturated rings. The second-order valence-corrected chi connectivity index (χ2v) is 10.1. The molecular weight excluding hydrogens is 432 g/mol. The molecule has 1 saturated heterocycles. The van der Waals surface area contributed by atoms with Crippen LogP contribution in [0.25, 0.3) is 11.1 Å². The Kier molecular flexibility index (Phi) is 6.44. The molecule has 1 unspecified atom stereocenters. The molecule has 0 radical (unpaired) electrons. The summed E-state index contributed by atoms with van der Waals surface area (Å²) in [4.78, 5) is 22.5. The number of nitrogens with zero attached hydrogens (tertiary/aromatic N) is 3. The Morgan fingerprint density at radius 2 is 1.74 bits per heavy atom. The van der Waals surface area contributed by atoms with E-state index < -0.39 is 5.54 Å². The van der Waals surface area contributed by atoms with Gasteiger partial charge in [-0.2, -0.15) is 0 Å². The zero-order valence-corrected chi connectivity index (χ0v) is 20.7. The molecule has 3 aromatic carbocycles. The minimum atomic E-state index is -0.991. The lowest BCUT2D eigenvalue weighted by Crippen LogP contribution is -2.44. The van der Waals surface area contributed by atoms with Crippen LogP contribution < -0.4 is 5.73 Å². The number of amides is 1. The molecule has 2 aliphatic heterocycles. The van der Waals surface area contributed by atoms with Crippen LogP contribution in [-0.4, -0.2) is 47.8 Å². The summed E-state index contributed by atoms with van der Waals surface area (Å²) in [5.74, 6) is 0.713. The van der Waals surface area contributed by atoms with Crippen LogP contribution in [0.3, 0.4) is 0 Å². The van der Waals surface area contributed by atoms with Crippen LogP contribution >= 0.6 is 0 Å². The molecule has 5 nitrogen and oxygen atoms in total. The number of rotatable bonds is 7.